The van der Waals surface area contributed by atoms with Crippen molar-refractivity contribution in [3.8, 4) is 0 Å². The lowest BCUT2D eigenvalue weighted by Gasteiger charge is -2.46. The number of hydrogen-bond acceptors (Lipinski definition) is 4. The second kappa shape index (κ2) is 9.31. The van der Waals surface area contributed by atoms with Crippen LogP contribution in [0.2, 0.25) is 0 Å². The highest BCUT2D eigenvalue weighted by Crippen LogP contribution is 2.50. The van der Waals surface area contributed by atoms with Gasteiger partial charge >= 0.3 is 0 Å². The van der Waals surface area contributed by atoms with E-state index in [4.69, 9.17) is 4.99 Å². The standard InChI is InChI=1S/C30H45F2N3O2/c1-18-29(2,3)33-27(35(18)17-19-15-34(16-19)28(36)30(37)10-11-30)25-9-7-23(14-26(25)32)20-4-5-22-13-24(31)8-6-21(22)12-20/h19-26,37H,1,4-17H2,2-3H3. The lowest BCUT2D eigenvalue weighted by Crippen LogP contribution is -2.57. The molecular formula is C30H45F2N3O2. The maximum absolute atomic E-state index is 15.9. The molecule has 7 heteroatoms. The molecule has 7 unspecified atom stereocenters. The second-order valence-corrected chi connectivity index (χ2v) is 13.9. The number of carbonyl (C=O) groups is 1. The van der Waals surface area contributed by atoms with Crippen LogP contribution in [-0.2, 0) is 4.79 Å². The molecule has 1 amide bonds. The SMILES string of the molecule is C=C1N(CC2CN(C(=O)C3(O)CC3)C2)C(C2CCC(C3CCC4CC(F)CCC4C3)CC2F)=NC1(C)C. The summed E-state index contributed by atoms with van der Waals surface area (Å²) in [5.41, 5.74) is -0.630. The molecule has 1 N–H and O–H groups in total. The van der Waals surface area contributed by atoms with Crippen LogP contribution in [-0.4, -0.2) is 69.8 Å². The summed E-state index contributed by atoms with van der Waals surface area (Å²) in [6.07, 6.45) is 8.03. The van der Waals surface area contributed by atoms with Crippen LogP contribution in [0.4, 0.5) is 8.78 Å². The van der Waals surface area contributed by atoms with Crippen molar-refractivity contribution in [1.29, 1.82) is 0 Å². The van der Waals surface area contributed by atoms with Crippen LogP contribution < -0.4 is 0 Å². The third kappa shape index (κ3) is 4.76. The van der Waals surface area contributed by atoms with Crippen molar-refractivity contribution >= 4 is 11.7 Å². The van der Waals surface area contributed by atoms with Gasteiger partial charge in [-0.25, -0.2) is 8.78 Å². The molecule has 4 saturated carbocycles. The van der Waals surface area contributed by atoms with E-state index in [1.54, 1.807) is 4.90 Å². The van der Waals surface area contributed by atoms with Gasteiger partial charge in [-0.15, -0.1) is 0 Å². The molecule has 37 heavy (non-hydrogen) atoms. The van der Waals surface area contributed by atoms with Crippen LogP contribution in [0.3, 0.4) is 0 Å². The average molecular weight is 518 g/mol. The van der Waals surface area contributed by atoms with E-state index in [1.165, 1.54) is 6.42 Å². The zero-order valence-corrected chi connectivity index (χ0v) is 22.7. The average Bonchev–Trinajstić information content (AvgIpc) is 3.55. The van der Waals surface area contributed by atoms with E-state index in [2.05, 4.69) is 25.3 Å². The number of hydrogen-bond donors (Lipinski definition) is 1. The Morgan fingerprint density at radius 3 is 2.22 bits per heavy atom. The van der Waals surface area contributed by atoms with Crippen molar-refractivity contribution in [3.05, 3.63) is 12.3 Å². The second-order valence-electron chi connectivity index (χ2n) is 13.9. The third-order valence-electron chi connectivity index (χ3n) is 10.9. The van der Waals surface area contributed by atoms with E-state index in [1.807, 2.05) is 0 Å². The van der Waals surface area contributed by atoms with Gasteiger partial charge in [0, 0.05) is 37.2 Å². The summed E-state index contributed by atoms with van der Waals surface area (Å²) in [5, 5.41) is 10.1. The molecule has 0 radical (unpaired) electrons. The lowest BCUT2D eigenvalue weighted by atomic mass is 9.62. The molecule has 2 heterocycles. The summed E-state index contributed by atoms with van der Waals surface area (Å²) in [6.45, 7) is 10.4. The normalized spacial score (nSPS) is 41.2. The maximum atomic E-state index is 15.9. The fourth-order valence-corrected chi connectivity index (χ4v) is 8.26. The number of amidine groups is 1. The Hall–Kier alpha value is -1.50. The number of carbonyl (C=O) groups excluding carboxylic acids is 1. The number of alkyl halides is 2. The molecule has 0 aromatic carbocycles. The van der Waals surface area contributed by atoms with Crippen LogP contribution in [0.1, 0.15) is 84.5 Å². The first-order chi connectivity index (χ1) is 17.5. The van der Waals surface area contributed by atoms with Gasteiger partial charge in [-0.05, 0) is 108 Å². The van der Waals surface area contributed by atoms with Gasteiger partial charge < -0.3 is 14.9 Å². The highest BCUT2D eigenvalue weighted by Gasteiger charge is 2.53. The number of fused-ring (bicyclic) bond motifs is 1. The molecule has 0 aromatic heterocycles. The minimum absolute atomic E-state index is 0.132. The summed E-state index contributed by atoms with van der Waals surface area (Å²) in [6, 6.07) is 0. The Kier molecular flexibility index (Phi) is 6.48. The van der Waals surface area contributed by atoms with Gasteiger partial charge in [0.1, 0.15) is 23.8 Å². The molecule has 5 fully saturated rings. The van der Waals surface area contributed by atoms with Crippen LogP contribution in [0.5, 0.6) is 0 Å². The monoisotopic (exact) mass is 517 g/mol. The van der Waals surface area contributed by atoms with Gasteiger partial charge in [0.05, 0.1) is 5.54 Å². The van der Waals surface area contributed by atoms with Crippen LogP contribution in [0.15, 0.2) is 17.3 Å². The molecule has 206 valence electrons. The third-order valence-corrected chi connectivity index (χ3v) is 10.9. The molecule has 0 bridgehead atoms. The number of rotatable bonds is 5. The van der Waals surface area contributed by atoms with Gasteiger partial charge in [-0.1, -0.05) is 6.58 Å². The van der Waals surface area contributed by atoms with Gasteiger partial charge in [0.25, 0.3) is 5.91 Å². The quantitative estimate of drug-likeness (QED) is 0.540. The van der Waals surface area contributed by atoms with E-state index in [0.29, 0.717) is 62.6 Å². The summed E-state index contributed by atoms with van der Waals surface area (Å²) >= 11 is 0. The van der Waals surface area contributed by atoms with Crippen molar-refractivity contribution in [3.63, 3.8) is 0 Å². The van der Waals surface area contributed by atoms with Gasteiger partial charge in [-0.3, -0.25) is 9.79 Å². The molecule has 7 atom stereocenters. The predicted molar refractivity (Wildman–Crippen MR) is 140 cm³/mol. The van der Waals surface area contributed by atoms with Crippen molar-refractivity contribution in [1.82, 2.24) is 9.80 Å². The number of aliphatic hydroxyl groups is 1. The van der Waals surface area contributed by atoms with E-state index >= 15 is 4.39 Å². The summed E-state index contributed by atoms with van der Waals surface area (Å²) in [5.74, 6) is 3.03. The highest BCUT2D eigenvalue weighted by molar-refractivity contribution is 5.90. The molecule has 4 aliphatic carbocycles. The summed E-state index contributed by atoms with van der Waals surface area (Å²) in [7, 11) is 0. The number of likely N-dealkylation sites (tertiary alicyclic amines) is 1. The molecule has 2 aliphatic heterocycles. The maximum Gasteiger partial charge on any atom is 0.254 e. The molecule has 1 saturated heterocycles. The van der Waals surface area contributed by atoms with Crippen molar-refractivity contribution in [2.24, 2.45) is 40.5 Å². The van der Waals surface area contributed by atoms with Gasteiger partial charge in [-0.2, -0.15) is 0 Å². The molecule has 5 nitrogen and oxygen atoms in total. The first-order valence-electron chi connectivity index (χ1n) is 14.9. The zero-order chi connectivity index (χ0) is 26.1. The van der Waals surface area contributed by atoms with Crippen molar-refractivity contribution < 1.29 is 18.7 Å². The fourth-order valence-electron chi connectivity index (χ4n) is 8.26. The minimum Gasteiger partial charge on any atom is -0.380 e. The lowest BCUT2D eigenvalue weighted by molar-refractivity contribution is -0.149. The van der Waals surface area contributed by atoms with E-state index < -0.39 is 23.5 Å². The Morgan fingerprint density at radius 1 is 0.973 bits per heavy atom. The molecule has 0 aromatic rings. The van der Waals surface area contributed by atoms with Crippen molar-refractivity contribution in [2.45, 2.75) is 108 Å². The Bertz CT molecular complexity index is 956. The summed E-state index contributed by atoms with van der Waals surface area (Å²) < 4.78 is 29.8. The molecule has 6 rings (SSSR count). The van der Waals surface area contributed by atoms with Crippen molar-refractivity contribution in [2.75, 3.05) is 19.6 Å². The summed E-state index contributed by atoms with van der Waals surface area (Å²) in [4.78, 5) is 21.4. The zero-order valence-electron chi connectivity index (χ0n) is 22.7. The van der Waals surface area contributed by atoms with Crippen LogP contribution in [0, 0.1) is 35.5 Å². The van der Waals surface area contributed by atoms with Crippen LogP contribution >= 0.6 is 0 Å². The van der Waals surface area contributed by atoms with E-state index in [-0.39, 0.29) is 17.7 Å². The first-order valence-corrected chi connectivity index (χ1v) is 14.9. The van der Waals surface area contributed by atoms with E-state index in [9.17, 15) is 14.3 Å². The first kappa shape index (κ1) is 25.8. The number of amides is 1. The Morgan fingerprint density at radius 2 is 1.57 bits per heavy atom. The smallest absolute Gasteiger partial charge is 0.254 e. The van der Waals surface area contributed by atoms with Crippen LogP contribution in [0.25, 0.3) is 0 Å². The number of halogens is 2. The Labute approximate surface area is 220 Å². The number of nitrogens with zero attached hydrogens (tertiary/aromatic N) is 3. The van der Waals surface area contributed by atoms with E-state index in [0.717, 1.165) is 56.5 Å². The largest absolute Gasteiger partial charge is 0.380 e. The molecular weight excluding hydrogens is 472 g/mol. The fraction of sp³-hybridized carbons (Fsp3) is 0.867. The van der Waals surface area contributed by atoms with Gasteiger partial charge in [0.2, 0.25) is 0 Å². The predicted octanol–water partition coefficient (Wildman–Crippen LogP) is 5.29. The minimum atomic E-state index is -1.11. The Balaban J connectivity index is 1.07. The highest BCUT2D eigenvalue weighted by atomic mass is 19.1. The molecule has 6 aliphatic rings. The molecule has 0 spiro atoms. The van der Waals surface area contributed by atoms with Gasteiger partial charge in [0.15, 0.2) is 0 Å². The topological polar surface area (TPSA) is 56.1 Å². The number of aliphatic imine (C=N–C) groups is 1.